The molecule has 186 valence electrons. The quantitative estimate of drug-likeness (QED) is 0.114. The van der Waals surface area contributed by atoms with E-state index in [1.807, 2.05) is 0 Å². The van der Waals surface area contributed by atoms with Crippen LogP contribution in [0.2, 0.25) is 0 Å². The number of ether oxygens (including phenoxy) is 1. The van der Waals surface area contributed by atoms with E-state index in [0.717, 1.165) is 51.4 Å². The number of aliphatic hydroxyl groups is 1. The Balaban J connectivity index is 3.25. The predicted octanol–water partition coefficient (Wildman–Crippen LogP) is 8.90. The molecule has 0 bridgehead atoms. The molecule has 1 atom stereocenters. The van der Waals surface area contributed by atoms with Crippen molar-refractivity contribution in [3.63, 3.8) is 0 Å². The second-order valence-electron chi connectivity index (χ2n) is 9.57. The standard InChI is InChI=1S/C28H56O3/c1-3-5-7-9-11-12-14-15-19-23-27(29)24-20-17-18-22-26-31-28(30)25-21-16-13-10-8-6-4-2/h27,29H,3-26H2,1-2H3. The van der Waals surface area contributed by atoms with Crippen molar-refractivity contribution < 1.29 is 14.6 Å². The normalized spacial score (nSPS) is 12.2. The number of esters is 1. The third kappa shape index (κ3) is 25.6. The van der Waals surface area contributed by atoms with Gasteiger partial charge in [-0.15, -0.1) is 0 Å². The highest BCUT2D eigenvalue weighted by Crippen LogP contribution is 2.14. The molecule has 0 heterocycles. The van der Waals surface area contributed by atoms with Gasteiger partial charge in [0.15, 0.2) is 0 Å². The van der Waals surface area contributed by atoms with Crippen LogP contribution in [0.4, 0.5) is 0 Å². The summed E-state index contributed by atoms with van der Waals surface area (Å²) in [7, 11) is 0. The van der Waals surface area contributed by atoms with E-state index in [1.165, 1.54) is 89.9 Å². The average Bonchev–Trinajstić information content (AvgIpc) is 2.76. The second-order valence-corrected chi connectivity index (χ2v) is 9.57. The zero-order valence-corrected chi connectivity index (χ0v) is 21.3. The molecular formula is C28H56O3. The van der Waals surface area contributed by atoms with Crippen LogP contribution in [0.5, 0.6) is 0 Å². The predicted molar refractivity (Wildman–Crippen MR) is 135 cm³/mol. The minimum Gasteiger partial charge on any atom is -0.466 e. The maximum Gasteiger partial charge on any atom is 0.305 e. The highest BCUT2D eigenvalue weighted by molar-refractivity contribution is 5.69. The average molecular weight is 441 g/mol. The van der Waals surface area contributed by atoms with E-state index in [1.54, 1.807) is 0 Å². The molecule has 0 aromatic carbocycles. The van der Waals surface area contributed by atoms with Crippen molar-refractivity contribution in [1.29, 1.82) is 0 Å². The molecule has 0 aromatic rings. The van der Waals surface area contributed by atoms with Crippen LogP contribution in [0, 0.1) is 0 Å². The number of hydrogen-bond acceptors (Lipinski definition) is 3. The molecule has 1 N–H and O–H groups in total. The summed E-state index contributed by atoms with van der Waals surface area (Å²) in [5.74, 6) is -0.0232. The molecule has 1 unspecified atom stereocenters. The first-order valence-electron chi connectivity index (χ1n) is 14.0. The van der Waals surface area contributed by atoms with Gasteiger partial charge >= 0.3 is 5.97 Å². The molecular weight excluding hydrogens is 384 g/mol. The number of unbranched alkanes of at least 4 members (excludes halogenated alkanes) is 17. The Morgan fingerprint density at radius 3 is 1.45 bits per heavy atom. The van der Waals surface area contributed by atoms with Crippen molar-refractivity contribution >= 4 is 5.97 Å². The Hall–Kier alpha value is -0.570. The summed E-state index contributed by atoms with van der Waals surface area (Å²) in [5.41, 5.74) is 0. The van der Waals surface area contributed by atoms with Crippen molar-refractivity contribution in [2.75, 3.05) is 6.61 Å². The van der Waals surface area contributed by atoms with Crippen molar-refractivity contribution in [2.24, 2.45) is 0 Å². The van der Waals surface area contributed by atoms with Crippen LogP contribution in [0.3, 0.4) is 0 Å². The maximum atomic E-state index is 11.7. The summed E-state index contributed by atoms with van der Waals surface area (Å²) in [6.45, 7) is 5.07. The lowest BCUT2D eigenvalue weighted by Gasteiger charge is -2.10. The Bertz CT molecular complexity index is 356. The molecule has 0 aliphatic rings. The van der Waals surface area contributed by atoms with Gasteiger partial charge in [0.25, 0.3) is 0 Å². The molecule has 0 rings (SSSR count). The smallest absolute Gasteiger partial charge is 0.305 e. The molecule has 31 heavy (non-hydrogen) atoms. The minimum atomic E-state index is -0.121. The Morgan fingerprint density at radius 2 is 0.968 bits per heavy atom. The van der Waals surface area contributed by atoms with Crippen molar-refractivity contribution in [3.05, 3.63) is 0 Å². The Labute approximate surface area is 195 Å². The van der Waals surface area contributed by atoms with Crippen LogP contribution in [-0.4, -0.2) is 23.8 Å². The first-order chi connectivity index (χ1) is 15.2. The molecule has 0 amide bonds. The zero-order valence-electron chi connectivity index (χ0n) is 21.3. The van der Waals surface area contributed by atoms with E-state index < -0.39 is 0 Å². The maximum absolute atomic E-state index is 11.7. The number of hydrogen-bond donors (Lipinski definition) is 1. The monoisotopic (exact) mass is 440 g/mol. The summed E-state index contributed by atoms with van der Waals surface area (Å²) < 4.78 is 5.34. The largest absolute Gasteiger partial charge is 0.466 e. The summed E-state index contributed by atoms with van der Waals surface area (Å²) in [5, 5.41) is 10.1. The lowest BCUT2D eigenvalue weighted by molar-refractivity contribution is -0.143. The van der Waals surface area contributed by atoms with E-state index in [-0.39, 0.29) is 12.1 Å². The first-order valence-corrected chi connectivity index (χ1v) is 14.0. The van der Waals surface area contributed by atoms with Gasteiger partial charge in [-0.05, 0) is 25.7 Å². The van der Waals surface area contributed by atoms with E-state index >= 15 is 0 Å². The van der Waals surface area contributed by atoms with Crippen LogP contribution in [0.15, 0.2) is 0 Å². The number of carbonyl (C=O) groups excluding carboxylic acids is 1. The molecule has 0 aromatic heterocycles. The summed E-state index contributed by atoms with van der Waals surface area (Å²) in [6.07, 6.45) is 27.3. The van der Waals surface area contributed by atoms with Gasteiger partial charge in [-0.2, -0.15) is 0 Å². The highest BCUT2D eigenvalue weighted by Gasteiger charge is 2.05. The Morgan fingerprint density at radius 1 is 0.581 bits per heavy atom. The fourth-order valence-electron chi connectivity index (χ4n) is 4.16. The first kappa shape index (κ1) is 30.4. The molecule has 0 radical (unpaired) electrons. The summed E-state index contributed by atoms with van der Waals surface area (Å²) in [4.78, 5) is 11.7. The molecule has 3 nitrogen and oxygen atoms in total. The van der Waals surface area contributed by atoms with Gasteiger partial charge in [0.1, 0.15) is 0 Å². The number of aliphatic hydroxyl groups excluding tert-OH is 1. The SMILES string of the molecule is CCCCCCCCCCCC(O)CCCCCCOC(=O)CCCCCCCCC. The van der Waals surface area contributed by atoms with E-state index in [4.69, 9.17) is 4.74 Å². The van der Waals surface area contributed by atoms with Gasteiger partial charge in [-0.1, -0.05) is 129 Å². The van der Waals surface area contributed by atoms with Crippen molar-refractivity contribution in [3.8, 4) is 0 Å². The topological polar surface area (TPSA) is 46.5 Å². The minimum absolute atomic E-state index is 0.0232. The van der Waals surface area contributed by atoms with Crippen LogP contribution in [0.25, 0.3) is 0 Å². The van der Waals surface area contributed by atoms with Crippen molar-refractivity contribution in [2.45, 2.75) is 168 Å². The molecule has 3 heteroatoms. The zero-order chi connectivity index (χ0) is 22.8. The third-order valence-corrected chi connectivity index (χ3v) is 6.32. The molecule has 0 saturated heterocycles. The molecule has 0 aliphatic carbocycles. The van der Waals surface area contributed by atoms with Crippen molar-refractivity contribution in [1.82, 2.24) is 0 Å². The van der Waals surface area contributed by atoms with E-state index in [9.17, 15) is 9.90 Å². The fourth-order valence-corrected chi connectivity index (χ4v) is 4.16. The van der Waals surface area contributed by atoms with Crippen LogP contribution in [-0.2, 0) is 9.53 Å². The van der Waals surface area contributed by atoms with Gasteiger partial charge in [-0.25, -0.2) is 0 Å². The molecule has 0 saturated carbocycles. The molecule has 0 fully saturated rings. The van der Waals surface area contributed by atoms with Crippen LogP contribution >= 0.6 is 0 Å². The van der Waals surface area contributed by atoms with E-state index in [2.05, 4.69) is 13.8 Å². The van der Waals surface area contributed by atoms with Gasteiger partial charge in [0, 0.05) is 6.42 Å². The third-order valence-electron chi connectivity index (χ3n) is 6.32. The number of rotatable bonds is 25. The second kappa shape index (κ2) is 25.7. The molecule has 0 spiro atoms. The number of carbonyl (C=O) groups is 1. The van der Waals surface area contributed by atoms with Crippen LogP contribution in [0.1, 0.15) is 162 Å². The van der Waals surface area contributed by atoms with Gasteiger partial charge in [-0.3, -0.25) is 4.79 Å². The Kier molecular flexibility index (Phi) is 25.2. The van der Waals surface area contributed by atoms with E-state index in [0.29, 0.717) is 13.0 Å². The van der Waals surface area contributed by atoms with Gasteiger partial charge in [0.05, 0.1) is 12.7 Å². The van der Waals surface area contributed by atoms with Crippen LogP contribution < -0.4 is 0 Å². The summed E-state index contributed by atoms with van der Waals surface area (Å²) >= 11 is 0. The summed E-state index contributed by atoms with van der Waals surface area (Å²) in [6, 6.07) is 0. The van der Waals surface area contributed by atoms with Gasteiger partial charge < -0.3 is 9.84 Å². The molecule has 0 aliphatic heterocycles. The highest BCUT2D eigenvalue weighted by atomic mass is 16.5. The van der Waals surface area contributed by atoms with Gasteiger partial charge in [0.2, 0.25) is 0 Å². The fraction of sp³-hybridized carbons (Fsp3) is 0.964. The lowest BCUT2D eigenvalue weighted by Crippen LogP contribution is -2.07. The lowest BCUT2D eigenvalue weighted by atomic mass is 10.0.